The Morgan fingerprint density at radius 3 is 1.46 bits per heavy atom. The molecule has 0 radical (unpaired) electrons. The van der Waals surface area contributed by atoms with Crippen molar-refractivity contribution in [1.82, 2.24) is 0 Å². The predicted molar refractivity (Wildman–Crippen MR) is 63.4 cm³/mol. The van der Waals surface area contributed by atoms with Crippen LogP contribution in [0.1, 0.15) is 6.92 Å². The molecule has 0 heterocycles. The average molecular weight is 323 g/mol. The lowest BCUT2D eigenvalue weighted by Crippen LogP contribution is -2.07. The van der Waals surface area contributed by atoms with E-state index in [1.54, 1.807) is 0 Å². The molecular weight excluding hydrogens is 320 g/mol. The number of rotatable bonds is 2. The predicted octanol–water partition coefficient (Wildman–Crippen LogP) is 5.75. The van der Waals surface area contributed by atoms with Crippen LogP contribution in [0.3, 0.4) is 0 Å². The van der Waals surface area contributed by atoms with Gasteiger partial charge in [0.2, 0.25) is 0 Å². The molecule has 0 atom stereocenters. The maximum absolute atomic E-state index is 5.69. The van der Waals surface area contributed by atoms with Gasteiger partial charge in [0.05, 0.1) is 15.1 Å². The lowest BCUT2D eigenvalue weighted by atomic mass is 10.4. The van der Waals surface area contributed by atoms with Crippen molar-refractivity contribution in [2.24, 2.45) is 0 Å². The summed E-state index contributed by atoms with van der Waals surface area (Å²) in [6.45, 7) is 1.44. The Hall–Kier alpha value is 1.51. The zero-order chi connectivity index (χ0) is 10.8. The minimum absolute atomic E-state index is 0.0405. The summed E-state index contributed by atoms with van der Waals surface area (Å²) in [6.07, 6.45) is 0. The van der Waals surface area contributed by atoms with Gasteiger partial charge in [0.15, 0.2) is 4.33 Å². The highest BCUT2D eigenvalue weighted by atomic mass is 35.5. The second-order valence-corrected chi connectivity index (χ2v) is 5.88. The Morgan fingerprint density at radius 2 is 1.23 bits per heavy atom. The molecule has 0 aromatic rings. The highest BCUT2D eigenvalue weighted by Gasteiger charge is 2.26. The maximum atomic E-state index is 5.69. The van der Waals surface area contributed by atoms with Gasteiger partial charge >= 0.3 is 0 Å². The standard InChI is InChI=1S/C6H3Cl7/c1-6(12,13)4(9)2(7)3(8)5(10)11/h1H3. The normalized spacial score (nSPS) is 13.8. The van der Waals surface area contributed by atoms with Crippen LogP contribution in [0.25, 0.3) is 0 Å². The van der Waals surface area contributed by atoms with Crippen LogP contribution in [0.15, 0.2) is 19.6 Å². The molecule has 0 aromatic carbocycles. The first kappa shape index (κ1) is 14.5. The third kappa shape index (κ3) is 4.70. The van der Waals surface area contributed by atoms with Gasteiger partial charge in [0.25, 0.3) is 0 Å². The molecule has 0 fully saturated rings. The lowest BCUT2D eigenvalue weighted by Gasteiger charge is -2.13. The molecule has 0 amide bonds. The second-order valence-electron chi connectivity index (χ2n) is 2.09. The van der Waals surface area contributed by atoms with Gasteiger partial charge in [-0.25, -0.2) is 0 Å². The fraction of sp³-hybridized carbons (Fsp3) is 0.333. The molecule has 0 aromatic heterocycles. The molecule has 7 heteroatoms. The van der Waals surface area contributed by atoms with Gasteiger partial charge in [-0.3, -0.25) is 0 Å². The third-order valence-electron chi connectivity index (χ3n) is 0.937. The van der Waals surface area contributed by atoms with Crippen molar-refractivity contribution in [3.63, 3.8) is 0 Å². The summed E-state index contributed by atoms with van der Waals surface area (Å²) in [5, 5.41) is -0.209. The highest BCUT2D eigenvalue weighted by Crippen LogP contribution is 2.40. The van der Waals surface area contributed by atoms with Crippen LogP contribution in [0.4, 0.5) is 0 Å². The summed E-state index contributed by atoms with van der Waals surface area (Å²) in [6, 6.07) is 0. The van der Waals surface area contributed by atoms with E-state index < -0.39 is 4.33 Å². The third-order valence-corrected chi connectivity index (χ3v) is 3.60. The molecule has 0 bridgehead atoms. The van der Waals surface area contributed by atoms with E-state index in [-0.39, 0.29) is 19.6 Å². The van der Waals surface area contributed by atoms with E-state index in [4.69, 9.17) is 81.2 Å². The summed E-state index contributed by atoms with van der Waals surface area (Å²) < 4.78 is -1.54. The van der Waals surface area contributed by atoms with Gasteiger partial charge in [-0.1, -0.05) is 81.2 Å². The van der Waals surface area contributed by atoms with E-state index in [2.05, 4.69) is 0 Å². The summed E-state index contributed by atoms with van der Waals surface area (Å²) >= 11 is 39.0. The van der Waals surface area contributed by atoms with Crippen LogP contribution in [0, 0.1) is 0 Å². The fourth-order valence-corrected chi connectivity index (χ4v) is 1.46. The van der Waals surface area contributed by atoms with Gasteiger partial charge in [0, 0.05) is 0 Å². The van der Waals surface area contributed by atoms with E-state index in [9.17, 15) is 0 Å². The van der Waals surface area contributed by atoms with Gasteiger partial charge in [-0.05, 0) is 6.92 Å². The molecule has 0 aliphatic rings. The van der Waals surface area contributed by atoms with Crippen LogP contribution in [-0.2, 0) is 0 Å². The quantitative estimate of drug-likeness (QED) is 0.448. The number of hydrogen-bond acceptors (Lipinski definition) is 0. The van der Waals surface area contributed by atoms with Crippen LogP contribution in [-0.4, -0.2) is 4.33 Å². The van der Waals surface area contributed by atoms with Crippen molar-refractivity contribution in [1.29, 1.82) is 0 Å². The molecule has 0 aliphatic heterocycles. The van der Waals surface area contributed by atoms with Crippen molar-refractivity contribution in [3.05, 3.63) is 19.6 Å². The molecular formula is C6H3Cl7. The molecule has 0 spiro atoms. The molecule has 0 rings (SSSR count). The number of halogens is 7. The fourth-order valence-electron chi connectivity index (χ4n) is 0.372. The Kier molecular flexibility index (Phi) is 6.20. The summed E-state index contributed by atoms with van der Waals surface area (Å²) in [5.74, 6) is 0. The number of alkyl halides is 2. The summed E-state index contributed by atoms with van der Waals surface area (Å²) in [7, 11) is 0. The van der Waals surface area contributed by atoms with Crippen LogP contribution < -0.4 is 0 Å². The minimum atomic E-state index is -1.33. The van der Waals surface area contributed by atoms with Crippen molar-refractivity contribution in [2.75, 3.05) is 0 Å². The highest BCUT2D eigenvalue weighted by molar-refractivity contribution is 6.63. The van der Waals surface area contributed by atoms with Gasteiger partial charge in [0.1, 0.15) is 4.49 Å². The van der Waals surface area contributed by atoms with Crippen LogP contribution in [0.5, 0.6) is 0 Å². The number of hydrogen-bond donors (Lipinski definition) is 0. The molecule has 0 saturated carbocycles. The van der Waals surface area contributed by atoms with Crippen molar-refractivity contribution >= 4 is 81.2 Å². The van der Waals surface area contributed by atoms with Gasteiger partial charge in [-0.15, -0.1) is 0 Å². The Labute approximate surface area is 111 Å². The first-order chi connectivity index (χ1) is 5.68. The lowest BCUT2D eigenvalue weighted by molar-refractivity contribution is 1.09. The second kappa shape index (κ2) is 5.55. The molecule has 0 aliphatic carbocycles. The largest absolute Gasteiger partial charge is 0.152 e. The van der Waals surface area contributed by atoms with Crippen LogP contribution >= 0.6 is 81.2 Å². The first-order valence-corrected chi connectivity index (χ1v) is 5.47. The average Bonchev–Trinajstić information content (AvgIpc) is 1.98. The van der Waals surface area contributed by atoms with Gasteiger partial charge < -0.3 is 0 Å². The van der Waals surface area contributed by atoms with E-state index in [1.807, 2.05) is 0 Å². The van der Waals surface area contributed by atoms with E-state index in [0.29, 0.717) is 0 Å². The Bertz CT molecular complexity index is 253. The first-order valence-electron chi connectivity index (χ1n) is 2.82. The zero-order valence-electron chi connectivity index (χ0n) is 6.15. The molecule has 0 nitrogen and oxygen atoms in total. The monoisotopic (exact) mass is 320 g/mol. The summed E-state index contributed by atoms with van der Waals surface area (Å²) in [4.78, 5) is 0. The van der Waals surface area contributed by atoms with E-state index in [1.165, 1.54) is 6.92 Å². The molecule has 76 valence electrons. The molecule has 0 saturated heterocycles. The van der Waals surface area contributed by atoms with Crippen LogP contribution in [0.2, 0.25) is 0 Å². The maximum Gasteiger partial charge on any atom is 0.152 e. The van der Waals surface area contributed by atoms with E-state index in [0.717, 1.165) is 0 Å². The zero-order valence-corrected chi connectivity index (χ0v) is 11.4. The summed E-state index contributed by atoms with van der Waals surface area (Å²) in [5.41, 5.74) is 0. The van der Waals surface area contributed by atoms with Gasteiger partial charge in [-0.2, -0.15) is 0 Å². The van der Waals surface area contributed by atoms with Crippen molar-refractivity contribution < 1.29 is 0 Å². The Morgan fingerprint density at radius 1 is 0.846 bits per heavy atom. The topological polar surface area (TPSA) is 0 Å². The smallest absolute Gasteiger partial charge is 0.0956 e. The number of allylic oxidation sites excluding steroid dienone is 3. The van der Waals surface area contributed by atoms with E-state index >= 15 is 0 Å². The Balaban J connectivity index is 5.18. The SMILES string of the molecule is CC(Cl)(Cl)C(Cl)=C(Cl)C(Cl)=C(Cl)Cl. The molecule has 13 heavy (non-hydrogen) atoms. The van der Waals surface area contributed by atoms with Crippen molar-refractivity contribution in [2.45, 2.75) is 11.3 Å². The molecule has 0 unspecified atom stereocenters. The minimum Gasteiger partial charge on any atom is -0.0956 e. The van der Waals surface area contributed by atoms with Crippen molar-refractivity contribution in [3.8, 4) is 0 Å². The molecule has 0 N–H and O–H groups in total.